The third-order valence-corrected chi connectivity index (χ3v) is 3.61. The SMILES string of the molecule is C[C@@H](C(=O)NC(N)=O)N1CCN(c2ccccc2)CC1. The molecule has 0 radical (unpaired) electrons. The average Bonchev–Trinajstić information content (AvgIpc) is 2.47. The zero-order valence-corrected chi connectivity index (χ0v) is 11.6. The predicted molar refractivity (Wildman–Crippen MR) is 77.4 cm³/mol. The lowest BCUT2D eigenvalue weighted by Gasteiger charge is -2.38. The molecule has 1 heterocycles. The maximum Gasteiger partial charge on any atom is 0.318 e. The topological polar surface area (TPSA) is 78.7 Å². The van der Waals surface area contributed by atoms with Crippen molar-refractivity contribution >= 4 is 17.6 Å². The lowest BCUT2D eigenvalue weighted by atomic mass is 10.2. The molecule has 1 fully saturated rings. The van der Waals surface area contributed by atoms with Crippen molar-refractivity contribution in [2.24, 2.45) is 5.73 Å². The highest BCUT2D eigenvalue weighted by atomic mass is 16.2. The van der Waals surface area contributed by atoms with Crippen LogP contribution < -0.4 is 16.0 Å². The fourth-order valence-electron chi connectivity index (χ4n) is 2.40. The van der Waals surface area contributed by atoms with Crippen LogP contribution in [-0.4, -0.2) is 49.1 Å². The van der Waals surface area contributed by atoms with Gasteiger partial charge < -0.3 is 10.6 Å². The van der Waals surface area contributed by atoms with Gasteiger partial charge in [0.25, 0.3) is 0 Å². The molecule has 1 aliphatic heterocycles. The summed E-state index contributed by atoms with van der Waals surface area (Å²) in [4.78, 5) is 26.8. The van der Waals surface area contributed by atoms with E-state index in [0.29, 0.717) is 0 Å². The molecule has 2 rings (SSSR count). The summed E-state index contributed by atoms with van der Waals surface area (Å²) >= 11 is 0. The van der Waals surface area contributed by atoms with Crippen LogP contribution in [0.3, 0.4) is 0 Å². The maximum atomic E-state index is 11.7. The third-order valence-electron chi connectivity index (χ3n) is 3.61. The van der Waals surface area contributed by atoms with Gasteiger partial charge in [-0.05, 0) is 19.1 Å². The first-order valence-corrected chi connectivity index (χ1v) is 6.72. The molecule has 0 saturated carbocycles. The first-order valence-electron chi connectivity index (χ1n) is 6.72. The smallest absolute Gasteiger partial charge is 0.318 e. The van der Waals surface area contributed by atoms with E-state index in [0.717, 1.165) is 26.2 Å². The Morgan fingerprint density at radius 1 is 1.15 bits per heavy atom. The lowest BCUT2D eigenvalue weighted by molar-refractivity contribution is -0.124. The van der Waals surface area contributed by atoms with Gasteiger partial charge in [-0.1, -0.05) is 18.2 Å². The standard InChI is InChI=1S/C14H20N4O2/c1-11(13(19)16-14(15)20)17-7-9-18(10-8-17)12-5-3-2-4-6-12/h2-6,11H,7-10H2,1H3,(H3,15,16,19,20)/t11-/m0/s1. The zero-order valence-electron chi connectivity index (χ0n) is 11.6. The Kier molecular flexibility index (Phi) is 4.57. The van der Waals surface area contributed by atoms with Crippen molar-refractivity contribution in [2.75, 3.05) is 31.1 Å². The summed E-state index contributed by atoms with van der Waals surface area (Å²) in [5.74, 6) is -0.342. The lowest BCUT2D eigenvalue weighted by Crippen LogP contribution is -2.55. The van der Waals surface area contributed by atoms with Crippen LogP contribution in [-0.2, 0) is 4.79 Å². The van der Waals surface area contributed by atoms with Crippen LogP contribution in [0.25, 0.3) is 0 Å². The van der Waals surface area contributed by atoms with Gasteiger partial charge in [-0.2, -0.15) is 0 Å². The number of nitrogens with one attached hydrogen (secondary N) is 1. The molecule has 0 aliphatic carbocycles. The van der Waals surface area contributed by atoms with Crippen LogP contribution in [0, 0.1) is 0 Å². The fourth-order valence-corrected chi connectivity index (χ4v) is 2.40. The van der Waals surface area contributed by atoms with E-state index in [1.807, 2.05) is 18.2 Å². The summed E-state index contributed by atoms with van der Waals surface area (Å²) in [6.07, 6.45) is 0. The Labute approximate surface area is 118 Å². The second-order valence-corrected chi connectivity index (χ2v) is 4.89. The number of nitrogens with two attached hydrogens (primary N) is 1. The monoisotopic (exact) mass is 276 g/mol. The number of amides is 3. The summed E-state index contributed by atoms with van der Waals surface area (Å²) in [6.45, 7) is 5.07. The van der Waals surface area contributed by atoms with E-state index in [9.17, 15) is 9.59 Å². The molecule has 6 nitrogen and oxygen atoms in total. The number of primary amides is 1. The van der Waals surface area contributed by atoms with Gasteiger partial charge in [0.05, 0.1) is 6.04 Å². The minimum atomic E-state index is -0.801. The average molecular weight is 276 g/mol. The van der Waals surface area contributed by atoms with Gasteiger partial charge in [-0.25, -0.2) is 4.79 Å². The number of hydrogen-bond acceptors (Lipinski definition) is 4. The molecule has 3 N–H and O–H groups in total. The number of urea groups is 1. The van der Waals surface area contributed by atoms with Gasteiger partial charge in [-0.3, -0.25) is 15.0 Å². The van der Waals surface area contributed by atoms with Crippen LogP contribution in [0.2, 0.25) is 0 Å². The Morgan fingerprint density at radius 2 is 1.75 bits per heavy atom. The molecular weight excluding hydrogens is 256 g/mol. The third kappa shape index (κ3) is 3.48. The highest BCUT2D eigenvalue weighted by Gasteiger charge is 2.26. The number of benzene rings is 1. The highest BCUT2D eigenvalue weighted by Crippen LogP contribution is 2.16. The van der Waals surface area contributed by atoms with Crippen LogP contribution in [0.15, 0.2) is 30.3 Å². The van der Waals surface area contributed by atoms with Gasteiger partial charge >= 0.3 is 6.03 Å². The minimum Gasteiger partial charge on any atom is -0.369 e. The zero-order chi connectivity index (χ0) is 14.5. The van der Waals surface area contributed by atoms with Gasteiger partial charge in [0.1, 0.15) is 0 Å². The number of carbonyl (C=O) groups is 2. The largest absolute Gasteiger partial charge is 0.369 e. The molecular formula is C14H20N4O2. The van der Waals surface area contributed by atoms with Crippen molar-refractivity contribution in [3.63, 3.8) is 0 Å². The Balaban J connectivity index is 1.88. The molecule has 1 aromatic carbocycles. The van der Waals surface area contributed by atoms with Crippen molar-refractivity contribution < 1.29 is 9.59 Å². The number of nitrogens with zero attached hydrogens (tertiary/aromatic N) is 2. The molecule has 1 atom stereocenters. The summed E-state index contributed by atoms with van der Waals surface area (Å²) in [7, 11) is 0. The molecule has 108 valence electrons. The van der Waals surface area contributed by atoms with Gasteiger partial charge in [0, 0.05) is 31.9 Å². The molecule has 1 aliphatic rings. The quantitative estimate of drug-likeness (QED) is 0.837. The van der Waals surface area contributed by atoms with E-state index < -0.39 is 6.03 Å². The minimum absolute atomic E-state index is 0.342. The molecule has 20 heavy (non-hydrogen) atoms. The fraction of sp³-hybridized carbons (Fsp3) is 0.429. The number of piperazine rings is 1. The summed E-state index contributed by atoms with van der Waals surface area (Å²) in [5, 5.41) is 2.13. The number of hydrogen-bond donors (Lipinski definition) is 2. The maximum absolute atomic E-state index is 11.7. The number of imide groups is 1. The van der Waals surface area contributed by atoms with E-state index in [-0.39, 0.29) is 11.9 Å². The molecule has 3 amide bonds. The normalized spacial score (nSPS) is 17.6. The van der Waals surface area contributed by atoms with Gasteiger partial charge in [-0.15, -0.1) is 0 Å². The van der Waals surface area contributed by atoms with Crippen LogP contribution in [0.4, 0.5) is 10.5 Å². The molecule has 1 saturated heterocycles. The van der Waals surface area contributed by atoms with Crippen LogP contribution in [0.5, 0.6) is 0 Å². The molecule has 0 unspecified atom stereocenters. The summed E-state index contributed by atoms with van der Waals surface area (Å²) < 4.78 is 0. The summed E-state index contributed by atoms with van der Waals surface area (Å²) in [6, 6.07) is 9.05. The molecule has 0 spiro atoms. The van der Waals surface area contributed by atoms with Crippen molar-refractivity contribution in [2.45, 2.75) is 13.0 Å². The predicted octanol–water partition coefficient (Wildman–Crippen LogP) is 0.392. The molecule has 1 aromatic rings. The van der Waals surface area contributed by atoms with E-state index in [4.69, 9.17) is 5.73 Å². The number of rotatable bonds is 3. The first-order chi connectivity index (χ1) is 9.58. The number of carbonyl (C=O) groups excluding carboxylic acids is 2. The Bertz CT molecular complexity index is 469. The molecule has 0 aromatic heterocycles. The number of para-hydroxylation sites is 1. The van der Waals surface area contributed by atoms with Crippen LogP contribution in [0.1, 0.15) is 6.92 Å². The molecule has 0 bridgehead atoms. The first kappa shape index (κ1) is 14.3. The van der Waals surface area contributed by atoms with Crippen molar-refractivity contribution in [1.29, 1.82) is 0 Å². The van der Waals surface area contributed by atoms with E-state index >= 15 is 0 Å². The van der Waals surface area contributed by atoms with Crippen LogP contribution >= 0.6 is 0 Å². The second-order valence-electron chi connectivity index (χ2n) is 4.89. The summed E-state index contributed by atoms with van der Waals surface area (Å²) in [5.41, 5.74) is 6.16. The van der Waals surface area contributed by atoms with E-state index in [2.05, 4.69) is 27.2 Å². The van der Waals surface area contributed by atoms with E-state index in [1.165, 1.54) is 5.69 Å². The number of anilines is 1. The van der Waals surface area contributed by atoms with Gasteiger partial charge in [0.2, 0.25) is 5.91 Å². The molecule has 6 heteroatoms. The van der Waals surface area contributed by atoms with Crippen molar-refractivity contribution in [3.8, 4) is 0 Å². The Morgan fingerprint density at radius 3 is 2.30 bits per heavy atom. The second kappa shape index (κ2) is 6.38. The van der Waals surface area contributed by atoms with E-state index in [1.54, 1.807) is 6.92 Å². The van der Waals surface area contributed by atoms with Crippen molar-refractivity contribution in [3.05, 3.63) is 30.3 Å². The van der Waals surface area contributed by atoms with Crippen molar-refractivity contribution in [1.82, 2.24) is 10.2 Å². The van der Waals surface area contributed by atoms with Gasteiger partial charge in [0.15, 0.2) is 0 Å². The Hall–Kier alpha value is -2.08. The highest BCUT2D eigenvalue weighted by molar-refractivity contribution is 5.96.